The van der Waals surface area contributed by atoms with E-state index in [1.54, 1.807) is 6.07 Å². The lowest BCUT2D eigenvalue weighted by Gasteiger charge is -2.12. The molecule has 0 bridgehead atoms. The maximum atomic E-state index is 12.3. The Morgan fingerprint density at radius 2 is 1.54 bits per heavy atom. The lowest BCUT2D eigenvalue weighted by Crippen LogP contribution is -2.05. The van der Waals surface area contributed by atoms with Crippen molar-refractivity contribution in [3.05, 3.63) is 114 Å². The summed E-state index contributed by atoms with van der Waals surface area (Å²) in [6.45, 7) is 3.46. The van der Waals surface area contributed by atoms with E-state index in [0.717, 1.165) is 33.3 Å². The van der Waals surface area contributed by atoms with E-state index >= 15 is 0 Å². The quantitative estimate of drug-likeness (QED) is 0.217. The number of imidazole rings is 1. The van der Waals surface area contributed by atoms with Crippen molar-refractivity contribution < 1.29 is 14.3 Å². The van der Waals surface area contributed by atoms with Crippen molar-refractivity contribution in [1.29, 1.82) is 0 Å². The van der Waals surface area contributed by atoms with Crippen molar-refractivity contribution in [2.45, 2.75) is 20.0 Å². The maximum absolute atomic E-state index is 12.3. The van der Waals surface area contributed by atoms with Gasteiger partial charge in [-0.1, -0.05) is 84.9 Å². The van der Waals surface area contributed by atoms with Crippen LogP contribution in [0.1, 0.15) is 28.4 Å². The van der Waals surface area contributed by atoms with Gasteiger partial charge in [-0.15, -0.1) is 5.10 Å². The molecule has 0 spiro atoms. The molecule has 0 aliphatic heterocycles. The van der Waals surface area contributed by atoms with E-state index in [-0.39, 0.29) is 0 Å². The summed E-state index contributed by atoms with van der Waals surface area (Å²) < 4.78 is 14.6. The molecule has 0 aliphatic carbocycles. The Bertz CT molecular complexity index is 1810. The number of fused-ring (bicyclic) bond motifs is 1. The summed E-state index contributed by atoms with van der Waals surface area (Å²) in [5.41, 5.74) is 6.99. The van der Waals surface area contributed by atoms with Crippen molar-refractivity contribution in [1.82, 2.24) is 29.8 Å². The van der Waals surface area contributed by atoms with Crippen molar-refractivity contribution in [3.63, 3.8) is 0 Å². The van der Waals surface area contributed by atoms with Gasteiger partial charge in [0.2, 0.25) is 0 Å². The monoisotopic (exact) mass is 544 g/mol. The van der Waals surface area contributed by atoms with Crippen molar-refractivity contribution >= 4 is 17.0 Å². The second-order valence-electron chi connectivity index (χ2n) is 9.47. The number of carbonyl (C=O) groups is 1. The number of esters is 1. The summed E-state index contributed by atoms with van der Waals surface area (Å²) in [7, 11) is 1.37. The smallest absolute Gasteiger partial charge is 0.340 e. The number of rotatable bonds is 9. The molecule has 2 aromatic heterocycles. The first kappa shape index (κ1) is 25.9. The minimum atomic E-state index is -0.430. The van der Waals surface area contributed by atoms with Crippen LogP contribution in [-0.2, 0) is 17.8 Å². The summed E-state index contributed by atoms with van der Waals surface area (Å²) >= 11 is 0. The highest BCUT2D eigenvalue weighted by atomic mass is 16.5. The third kappa shape index (κ3) is 5.17. The van der Waals surface area contributed by atoms with E-state index in [0.29, 0.717) is 42.6 Å². The van der Waals surface area contributed by atoms with Gasteiger partial charge in [0.05, 0.1) is 37.9 Å². The Hall–Kier alpha value is -5.31. The highest BCUT2D eigenvalue weighted by Gasteiger charge is 2.19. The standard InChI is InChI=1S/C32H28N6O3/c1-3-41-32-33-29-27(31(39)40-2)14-9-15-28(29)37(32)20-23-16-18-24(19-17-23)25-12-7-8-13-26(25)30-34-35-36-38(30)21-22-10-5-4-6-11-22/h4-19H,3,20-21H2,1-2H3. The molecular weight excluding hydrogens is 516 g/mol. The van der Waals surface area contributed by atoms with Gasteiger partial charge in [-0.3, -0.25) is 4.57 Å². The van der Waals surface area contributed by atoms with Gasteiger partial charge in [0.15, 0.2) is 5.82 Å². The predicted octanol–water partition coefficient (Wildman–Crippen LogP) is 5.64. The van der Waals surface area contributed by atoms with E-state index in [1.807, 2.05) is 64.7 Å². The third-order valence-corrected chi connectivity index (χ3v) is 6.90. The first-order chi connectivity index (χ1) is 20.2. The highest BCUT2D eigenvalue weighted by molar-refractivity contribution is 6.02. The Morgan fingerprint density at radius 3 is 2.29 bits per heavy atom. The number of tetrazole rings is 1. The molecule has 0 radical (unpaired) electrons. The molecule has 9 heteroatoms. The Kier molecular flexibility index (Phi) is 7.23. The number of benzene rings is 4. The molecule has 204 valence electrons. The van der Waals surface area contributed by atoms with Crippen LogP contribution in [0.5, 0.6) is 6.01 Å². The number of nitrogens with zero attached hydrogens (tertiary/aromatic N) is 6. The first-order valence-electron chi connectivity index (χ1n) is 13.4. The third-order valence-electron chi connectivity index (χ3n) is 6.90. The van der Waals surface area contributed by atoms with Crippen LogP contribution in [-0.4, -0.2) is 49.4 Å². The Morgan fingerprint density at radius 1 is 0.805 bits per heavy atom. The zero-order valence-electron chi connectivity index (χ0n) is 22.8. The molecule has 0 saturated heterocycles. The molecule has 41 heavy (non-hydrogen) atoms. The van der Waals surface area contributed by atoms with Gasteiger partial charge in [0.1, 0.15) is 5.52 Å². The number of aromatic nitrogens is 6. The van der Waals surface area contributed by atoms with Gasteiger partial charge in [-0.05, 0) is 51.7 Å². The minimum Gasteiger partial charge on any atom is -0.465 e. The molecule has 0 fully saturated rings. The number of para-hydroxylation sites is 1. The van der Waals surface area contributed by atoms with E-state index in [2.05, 4.69) is 63.0 Å². The van der Waals surface area contributed by atoms with E-state index in [1.165, 1.54) is 7.11 Å². The zero-order valence-corrected chi connectivity index (χ0v) is 22.8. The van der Waals surface area contributed by atoms with Crippen LogP contribution < -0.4 is 4.74 Å². The molecule has 4 aromatic carbocycles. The summed E-state index contributed by atoms with van der Waals surface area (Å²) in [5, 5.41) is 12.6. The number of ether oxygens (including phenoxy) is 2. The summed E-state index contributed by atoms with van der Waals surface area (Å²) in [6, 6.07) is 32.6. The van der Waals surface area contributed by atoms with Gasteiger partial charge < -0.3 is 9.47 Å². The van der Waals surface area contributed by atoms with Crippen LogP contribution in [0.15, 0.2) is 97.1 Å². The molecule has 9 nitrogen and oxygen atoms in total. The summed E-state index contributed by atoms with van der Waals surface area (Å²) in [6.07, 6.45) is 0. The normalized spacial score (nSPS) is 11.1. The Labute approximate surface area is 237 Å². The highest BCUT2D eigenvalue weighted by Crippen LogP contribution is 2.32. The molecule has 0 N–H and O–H groups in total. The van der Waals surface area contributed by atoms with Crippen LogP contribution in [0.3, 0.4) is 0 Å². The fourth-order valence-corrected chi connectivity index (χ4v) is 4.95. The molecule has 2 heterocycles. The first-order valence-corrected chi connectivity index (χ1v) is 13.4. The molecule has 0 aliphatic rings. The lowest BCUT2D eigenvalue weighted by atomic mass is 9.98. The van der Waals surface area contributed by atoms with Crippen LogP contribution >= 0.6 is 0 Å². The summed E-state index contributed by atoms with van der Waals surface area (Å²) in [4.78, 5) is 17.0. The average Bonchev–Trinajstić information content (AvgIpc) is 3.62. The molecule has 0 atom stereocenters. The molecular formula is C32H28N6O3. The molecule has 6 rings (SSSR count). The topological polar surface area (TPSA) is 97.0 Å². The Balaban J connectivity index is 1.32. The second kappa shape index (κ2) is 11.4. The van der Waals surface area contributed by atoms with Crippen molar-refractivity contribution in [2.24, 2.45) is 0 Å². The van der Waals surface area contributed by atoms with Gasteiger partial charge in [-0.25, -0.2) is 9.48 Å². The molecule has 0 unspecified atom stereocenters. The van der Waals surface area contributed by atoms with Crippen LogP contribution in [0.2, 0.25) is 0 Å². The minimum absolute atomic E-state index is 0.409. The number of methoxy groups -OCH3 is 1. The average molecular weight is 545 g/mol. The van der Waals surface area contributed by atoms with Gasteiger partial charge >= 0.3 is 5.97 Å². The van der Waals surface area contributed by atoms with Crippen LogP contribution in [0.25, 0.3) is 33.5 Å². The molecule has 0 amide bonds. The van der Waals surface area contributed by atoms with Gasteiger partial charge in [0.25, 0.3) is 6.01 Å². The summed E-state index contributed by atoms with van der Waals surface area (Å²) in [5.74, 6) is 0.280. The fourth-order valence-electron chi connectivity index (χ4n) is 4.95. The van der Waals surface area contributed by atoms with E-state index in [4.69, 9.17) is 9.47 Å². The number of hydrogen-bond donors (Lipinski definition) is 0. The SMILES string of the molecule is CCOc1nc2c(C(=O)OC)cccc2n1Cc1ccc(-c2ccccc2-c2nnnn2Cc2ccccc2)cc1. The largest absolute Gasteiger partial charge is 0.465 e. The van der Waals surface area contributed by atoms with E-state index in [9.17, 15) is 4.79 Å². The molecule has 6 aromatic rings. The van der Waals surface area contributed by atoms with Crippen LogP contribution in [0.4, 0.5) is 0 Å². The number of carbonyl (C=O) groups excluding carboxylic acids is 1. The second-order valence-corrected chi connectivity index (χ2v) is 9.47. The van der Waals surface area contributed by atoms with Crippen molar-refractivity contribution in [2.75, 3.05) is 13.7 Å². The zero-order chi connectivity index (χ0) is 28.2. The van der Waals surface area contributed by atoms with Crippen molar-refractivity contribution in [3.8, 4) is 28.5 Å². The molecule has 0 saturated carbocycles. The van der Waals surface area contributed by atoms with Gasteiger partial charge in [-0.2, -0.15) is 4.98 Å². The van der Waals surface area contributed by atoms with Gasteiger partial charge in [0, 0.05) is 5.56 Å². The number of hydrogen-bond acceptors (Lipinski definition) is 7. The lowest BCUT2D eigenvalue weighted by molar-refractivity contribution is 0.0603. The van der Waals surface area contributed by atoms with E-state index < -0.39 is 5.97 Å². The van der Waals surface area contributed by atoms with Crippen LogP contribution in [0, 0.1) is 0 Å². The maximum Gasteiger partial charge on any atom is 0.340 e. The fraction of sp³-hybridized carbons (Fsp3) is 0.156. The predicted molar refractivity (Wildman–Crippen MR) is 156 cm³/mol.